The number of rotatable bonds is 5. The first-order chi connectivity index (χ1) is 8.74. The SMILES string of the molecule is CCc1ccc(CC(=O)c2ncccc2CC)s1. The molecule has 0 amide bonds. The van der Waals surface area contributed by atoms with Crippen molar-refractivity contribution in [1.29, 1.82) is 0 Å². The van der Waals surface area contributed by atoms with Gasteiger partial charge in [-0.15, -0.1) is 11.3 Å². The average molecular weight is 259 g/mol. The number of hydrogen-bond donors (Lipinski definition) is 0. The van der Waals surface area contributed by atoms with Gasteiger partial charge in [0.1, 0.15) is 5.69 Å². The first kappa shape index (κ1) is 13.0. The highest BCUT2D eigenvalue weighted by molar-refractivity contribution is 7.12. The van der Waals surface area contributed by atoms with E-state index in [1.807, 2.05) is 19.1 Å². The van der Waals surface area contributed by atoms with Crippen LogP contribution in [0.15, 0.2) is 30.5 Å². The van der Waals surface area contributed by atoms with Crippen LogP contribution in [-0.2, 0) is 19.3 Å². The second kappa shape index (κ2) is 5.91. The third kappa shape index (κ3) is 2.85. The Balaban J connectivity index is 2.16. The quantitative estimate of drug-likeness (QED) is 0.766. The van der Waals surface area contributed by atoms with Gasteiger partial charge in [0.05, 0.1) is 0 Å². The van der Waals surface area contributed by atoms with E-state index >= 15 is 0 Å². The summed E-state index contributed by atoms with van der Waals surface area (Å²) in [7, 11) is 0. The minimum atomic E-state index is 0.122. The van der Waals surface area contributed by atoms with E-state index in [0.29, 0.717) is 12.1 Å². The molecule has 0 bridgehead atoms. The molecule has 0 unspecified atom stereocenters. The Labute approximate surface area is 112 Å². The molecular weight excluding hydrogens is 242 g/mol. The molecule has 0 aliphatic rings. The highest BCUT2D eigenvalue weighted by Crippen LogP contribution is 2.19. The summed E-state index contributed by atoms with van der Waals surface area (Å²) in [6, 6.07) is 8.02. The second-order valence-electron chi connectivity index (χ2n) is 4.19. The molecule has 2 heterocycles. The van der Waals surface area contributed by atoms with Gasteiger partial charge in [0.25, 0.3) is 0 Å². The molecule has 2 aromatic heterocycles. The number of nitrogens with zero attached hydrogens (tertiary/aromatic N) is 1. The molecule has 0 N–H and O–H groups in total. The standard InChI is InChI=1S/C15H17NOS/c1-3-11-6-5-9-16-15(11)14(17)10-13-8-7-12(4-2)18-13/h5-9H,3-4,10H2,1-2H3. The summed E-state index contributed by atoms with van der Waals surface area (Å²) in [4.78, 5) is 18.9. The monoisotopic (exact) mass is 259 g/mol. The zero-order valence-corrected chi connectivity index (χ0v) is 11.6. The van der Waals surface area contributed by atoms with Crippen molar-refractivity contribution in [2.75, 3.05) is 0 Å². The number of carbonyl (C=O) groups is 1. The Bertz CT molecular complexity index is 545. The van der Waals surface area contributed by atoms with E-state index in [9.17, 15) is 4.79 Å². The first-order valence-corrected chi connectivity index (χ1v) is 7.11. The number of carbonyl (C=O) groups excluding carboxylic acids is 1. The van der Waals surface area contributed by atoms with Crippen LogP contribution >= 0.6 is 11.3 Å². The fraction of sp³-hybridized carbons (Fsp3) is 0.333. The molecule has 2 aromatic rings. The maximum atomic E-state index is 12.2. The summed E-state index contributed by atoms with van der Waals surface area (Å²) in [5.41, 5.74) is 1.67. The van der Waals surface area contributed by atoms with Crippen LogP contribution in [-0.4, -0.2) is 10.8 Å². The van der Waals surface area contributed by atoms with Gasteiger partial charge in [0.2, 0.25) is 0 Å². The highest BCUT2D eigenvalue weighted by atomic mass is 32.1. The molecule has 0 atom stereocenters. The lowest BCUT2D eigenvalue weighted by Gasteiger charge is -2.04. The predicted octanol–water partition coefficient (Wildman–Crippen LogP) is 3.69. The number of aryl methyl sites for hydroxylation is 2. The Hall–Kier alpha value is -1.48. The Kier molecular flexibility index (Phi) is 4.26. The number of thiophene rings is 1. The summed E-state index contributed by atoms with van der Waals surface area (Å²) in [6.45, 7) is 4.18. The highest BCUT2D eigenvalue weighted by Gasteiger charge is 2.13. The van der Waals surface area contributed by atoms with Gasteiger partial charge in [-0.25, -0.2) is 0 Å². The Morgan fingerprint density at radius 3 is 2.61 bits per heavy atom. The Morgan fingerprint density at radius 1 is 1.17 bits per heavy atom. The van der Waals surface area contributed by atoms with Gasteiger partial charge in [-0.05, 0) is 36.6 Å². The van der Waals surface area contributed by atoms with Gasteiger partial charge in [0, 0.05) is 22.4 Å². The molecule has 94 valence electrons. The summed E-state index contributed by atoms with van der Waals surface area (Å²) in [5, 5.41) is 0. The van der Waals surface area contributed by atoms with Crippen molar-refractivity contribution in [1.82, 2.24) is 4.98 Å². The van der Waals surface area contributed by atoms with E-state index in [-0.39, 0.29) is 5.78 Å². The summed E-state index contributed by atoms with van der Waals surface area (Å²) in [5.74, 6) is 0.122. The van der Waals surface area contributed by atoms with Crippen molar-refractivity contribution in [3.63, 3.8) is 0 Å². The lowest BCUT2D eigenvalue weighted by Crippen LogP contribution is -2.08. The van der Waals surface area contributed by atoms with Crippen LogP contribution in [0, 0.1) is 0 Å². The number of Topliss-reactive ketones (excluding diaryl/α,β-unsaturated/α-hetero) is 1. The van der Waals surface area contributed by atoms with E-state index < -0.39 is 0 Å². The third-order valence-corrected chi connectivity index (χ3v) is 4.17. The van der Waals surface area contributed by atoms with Crippen molar-refractivity contribution in [3.05, 3.63) is 51.5 Å². The van der Waals surface area contributed by atoms with Crippen LogP contribution in [0.5, 0.6) is 0 Å². The number of hydrogen-bond acceptors (Lipinski definition) is 3. The molecule has 18 heavy (non-hydrogen) atoms. The van der Waals surface area contributed by atoms with E-state index in [4.69, 9.17) is 0 Å². The van der Waals surface area contributed by atoms with Gasteiger partial charge in [-0.1, -0.05) is 19.9 Å². The van der Waals surface area contributed by atoms with Gasteiger partial charge in [0.15, 0.2) is 5.78 Å². The zero-order valence-electron chi connectivity index (χ0n) is 10.8. The molecule has 2 rings (SSSR count). The van der Waals surface area contributed by atoms with Gasteiger partial charge in [-0.2, -0.15) is 0 Å². The molecule has 0 aliphatic carbocycles. The van der Waals surface area contributed by atoms with E-state index in [0.717, 1.165) is 23.3 Å². The summed E-state index contributed by atoms with van der Waals surface area (Å²) in [6.07, 6.45) is 4.04. The van der Waals surface area contributed by atoms with Crippen LogP contribution in [0.3, 0.4) is 0 Å². The van der Waals surface area contributed by atoms with E-state index in [1.165, 1.54) is 4.88 Å². The van der Waals surface area contributed by atoms with Crippen LogP contribution < -0.4 is 0 Å². The van der Waals surface area contributed by atoms with Crippen molar-refractivity contribution in [3.8, 4) is 0 Å². The van der Waals surface area contributed by atoms with Crippen molar-refractivity contribution >= 4 is 17.1 Å². The van der Waals surface area contributed by atoms with Crippen LogP contribution in [0.4, 0.5) is 0 Å². The lowest BCUT2D eigenvalue weighted by atomic mass is 10.1. The minimum Gasteiger partial charge on any atom is -0.292 e. The van der Waals surface area contributed by atoms with Crippen molar-refractivity contribution in [2.45, 2.75) is 33.1 Å². The largest absolute Gasteiger partial charge is 0.292 e. The molecule has 0 aliphatic heterocycles. The first-order valence-electron chi connectivity index (χ1n) is 6.29. The van der Waals surface area contributed by atoms with Crippen molar-refractivity contribution < 1.29 is 4.79 Å². The number of pyridine rings is 1. The van der Waals surface area contributed by atoms with E-state index in [1.54, 1.807) is 17.5 Å². The number of aromatic nitrogens is 1. The lowest BCUT2D eigenvalue weighted by molar-refractivity contribution is 0.0988. The van der Waals surface area contributed by atoms with Gasteiger partial charge >= 0.3 is 0 Å². The summed E-state index contributed by atoms with van der Waals surface area (Å²) >= 11 is 1.72. The smallest absolute Gasteiger partial charge is 0.186 e. The molecule has 0 saturated heterocycles. The molecule has 0 saturated carbocycles. The topological polar surface area (TPSA) is 30.0 Å². The third-order valence-electron chi connectivity index (χ3n) is 2.94. The fourth-order valence-electron chi connectivity index (χ4n) is 1.92. The van der Waals surface area contributed by atoms with Crippen molar-refractivity contribution in [2.24, 2.45) is 0 Å². The molecule has 0 aromatic carbocycles. The maximum absolute atomic E-state index is 12.2. The number of ketones is 1. The fourth-order valence-corrected chi connectivity index (χ4v) is 2.88. The second-order valence-corrected chi connectivity index (χ2v) is 5.44. The molecule has 0 spiro atoms. The molecule has 0 fully saturated rings. The van der Waals surface area contributed by atoms with Crippen LogP contribution in [0.25, 0.3) is 0 Å². The van der Waals surface area contributed by atoms with Crippen LogP contribution in [0.2, 0.25) is 0 Å². The van der Waals surface area contributed by atoms with E-state index in [2.05, 4.69) is 24.0 Å². The maximum Gasteiger partial charge on any atom is 0.186 e. The summed E-state index contributed by atoms with van der Waals surface area (Å²) < 4.78 is 0. The zero-order chi connectivity index (χ0) is 13.0. The van der Waals surface area contributed by atoms with Gasteiger partial charge in [-0.3, -0.25) is 9.78 Å². The van der Waals surface area contributed by atoms with Gasteiger partial charge < -0.3 is 0 Å². The predicted molar refractivity (Wildman–Crippen MR) is 75.3 cm³/mol. The van der Waals surface area contributed by atoms with Crippen LogP contribution in [0.1, 0.15) is 39.7 Å². The Morgan fingerprint density at radius 2 is 1.94 bits per heavy atom. The molecule has 0 radical (unpaired) electrons. The molecular formula is C15H17NOS. The normalized spacial score (nSPS) is 10.6. The molecule has 3 heteroatoms. The molecule has 2 nitrogen and oxygen atoms in total. The minimum absolute atomic E-state index is 0.122. The average Bonchev–Trinajstić information content (AvgIpc) is 2.86.